The Morgan fingerprint density at radius 3 is 2.52 bits per heavy atom. The van der Waals surface area contributed by atoms with Crippen LogP contribution in [0.5, 0.6) is 5.75 Å². The van der Waals surface area contributed by atoms with Gasteiger partial charge in [0.25, 0.3) is 5.91 Å². The average molecular weight is 312 g/mol. The van der Waals surface area contributed by atoms with Crippen molar-refractivity contribution in [2.24, 2.45) is 0 Å². The van der Waals surface area contributed by atoms with E-state index in [0.29, 0.717) is 13.1 Å². The first-order chi connectivity index (χ1) is 11.2. The molecular formula is C17H20N4O2. The molecule has 2 aromatic rings. The molecule has 3 rings (SSSR count). The average Bonchev–Trinajstić information content (AvgIpc) is 2.62. The monoisotopic (exact) mass is 312 g/mol. The molecular weight excluding hydrogens is 292 g/mol. The molecule has 1 fully saturated rings. The standard InChI is InChI=1S/C17H20N4O2/c1-14-4-6-15(7-5-14)23-13-17(22)21-11-9-20(10-12-21)16-3-2-8-18-19-16/h2-8H,9-13H2,1H3. The van der Waals surface area contributed by atoms with Gasteiger partial charge in [-0.3, -0.25) is 4.79 Å². The lowest BCUT2D eigenvalue weighted by Gasteiger charge is -2.35. The van der Waals surface area contributed by atoms with E-state index >= 15 is 0 Å². The molecule has 1 aromatic heterocycles. The van der Waals surface area contributed by atoms with Crippen molar-refractivity contribution in [2.45, 2.75) is 6.92 Å². The number of aromatic nitrogens is 2. The maximum Gasteiger partial charge on any atom is 0.260 e. The topological polar surface area (TPSA) is 58.6 Å². The highest BCUT2D eigenvalue weighted by atomic mass is 16.5. The number of aryl methyl sites for hydroxylation is 1. The minimum Gasteiger partial charge on any atom is -0.484 e. The Kier molecular flexibility index (Phi) is 4.71. The third-order valence-corrected chi connectivity index (χ3v) is 3.90. The van der Waals surface area contributed by atoms with E-state index in [1.54, 1.807) is 6.20 Å². The quantitative estimate of drug-likeness (QED) is 0.856. The minimum absolute atomic E-state index is 0.0179. The molecule has 0 bridgehead atoms. The van der Waals surface area contributed by atoms with Crippen molar-refractivity contribution in [3.63, 3.8) is 0 Å². The van der Waals surface area contributed by atoms with Gasteiger partial charge in [0.05, 0.1) is 0 Å². The zero-order valence-corrected chi connectivity index (χ0v) is 13.2. The number of anilines is 1. The van der Waals surface area contributed by atoms with Gasteiger partial charge >= 0.3 is 0 Å². The van der Waals surface area contributed by atoms with Crippen LogP contribution < -0.4 is 9.64 Å². The Morgan fingerprint density at radius 2 is 1.87 bits per heavy atom. The van der Waals surface area contributed by atoms with E-state index in [1.165, 1.54) is 5.56 Å². The van der Waals surface area contributed by atoms with Crippen LogP contribution in [-0.4, -0.2) is 53.8 Å². The first kappa shape index (κ1) is 15.3. The maximum absolute atomic E-state index is 12.2. The van der Waals surface area contributed by atoms with Gasteiger partial charge in [0.1, 0.15) is 5.75 Å². The van der Waals surface area contributed by atoms with Crippen LogP contribution in [-0.2, 0) is 4.79 Å². The Morgan fingerprint density at radius 1 is 1.13 bits per heavy atom. The van der Waals surface area contributed by atoms with E-state index in [2.05, 4.69) is 15.1 Å². The Hall–Kier alpha value is -2.63. The van der Waals surface area contributed by atoms with Crippen LogP contribution in [0.2, 0.25) is 0 Å². The number of ether oxygens (including phenoxy) is 1. The van der Waals surface area contributed by atoms with Crippen molar-refractivity contribution in [1.29, 1.82) is 0 Å². The summed E-state index contributed by atoms with van der Waals surface area (Å²) >= 11 is 0. The Balaban J connectivity index is 1.47. The first-order valence-electron chi connectivity index (χ1n) is 7.72. The number of nitrogens with zero attached hydrogens (tertiary/aromatic N) is 4. The van der Waals surface area contributed by atoms with Crippen molar-refractivity contribution in [3.05, 3.63) is 48.2 Å². The van der Waals surface area contributed by atoms with Crippen LogP contribution in [0.25, 0.3) is 0 Å². The lowest BCUT2D eigenvalue weighted by Crippen LogP contribution is -2.50. The first-order valence-corrected chi connectivity index (χ1v) is 7.72. The molecule has 23 heavy (non-hydrogen) atoms. The van der Waals surface area contributed by atoms with E-state index in [4.69, 9.17) is 4.74 Å². The fourth-order valence-corrected chi connectivity index (χ4v) is 2.52. The van der Waals surface area contributed by atoms with Gasteiger partial charge in [0.2, 0.25) is 0 Å². The van der Waals surface area contributed by atoms with Crippen molar-refractivity contribution in [3.8, 4) is 5.75 Å². The highest BCUT2D eigenvalue weighted by Gasteiger charge is 2.22. The van der Waals surface area contributed by atoms with Crippen LogP contribution in [0, 0.1) is 6.92 Å². The van der Waals surface area contributed by atoms with Gasteiger partial charge in [-0.1, -0.05) is 17.7 Å². The number of hydrogen-bond donors (Lipinski definition) is 0. The lowest BCUT2D eigenvalue weighted by atomic mass is 10.2. The van der Waals surface area contributed by atoms with Crippen LogP contribution in [0.1, 0.15) is 5.56 Å². The lowest BCUT2D eigenvalue weighted by molar-refractivity contribution is -0.133. The molecule has 0 radical (unpaired) electrons. The van der Waals surface area contributed by atoms with Crippen LogP contribution in [0.15, 0.2) is 42.6 Å². The maximum atomic E-state index is 12.2. The van der Waals surface area contributed by atoms with Gasteiger partial charge in [-0.05, 0) is 31.2 Å². The summed E-state index contributed by atoms with van der Waals surface area (Å²) in [7, 11) is 0. The third-order valence-electron chi connectivity index (χ3n) is 3.90. The summed E-state index contributed by atoms with van der Waals surface area (Å²) in [4.78, 5) is 16.2. The van der Waals surface area contributed by atoms with Gasteiger partial charge in [-0.25, -0.2) is 0 Å². The molecule has 6 nitrogen and oxygen atoms in total. The van der Waals surface area contributed by atoms with Crippen LogP contribution >= 0.6 is 0 Å². The normalized spacial score (nSPS) is 14.7. The van der Waals surface area contributed by atoms with Crippen molar-refractivity contribution >= 4 is 11.7 Å². The van der Waals surface area contributed by atoms with E-state index < -0.39 is 0 Å². The number of hydrogen-bond acceptors (Lipinski definition) is 5. The molecule has 1 aliphatic rings. The van der Waals surface area contributed by atoms with E-state index in [0.717, 1.165) is 24.7 Å². The number of rotatable bonds is 4. The molecule has 1 aliphatic heterocycles. The highest BCUT2D eigenvalue weighted by Crippen LogP contribution is 2.13. The second kappa shape index (κ2) is 7.09. The molecule has 0 atom stereocenters. The number of benzene rings is 1. The number of amides is 1. The fourth-order valence-electron chi connectivity index (χ4n) is 2.52. The van der Waals surface area contributed by atoms with Crippen molar-refractivity contribution < 1.29 is 9.53 Å². The van der Waals surface area contributed by atoms with E-state index in [1.807, 2.05) is 48.2 Å². The molecule has 1 saturated heterocycles. The summed E-state index contributed by atoms with van der Waals surface area (Å²) < 4.78 is 5.56. The summed E-state index contributed by atoms with van der Waals surface area (Å²) in [6.07, 6.45) is 1.66. The summed E-state index contributed by atoms with van der Waals surface area (Å²) in [5.41, 5.74) is 1.17. The van der Waals surface area contributed by atoms with Gasteiger partial charge in [0, 0.05) is 32.4 Å². The Labute approximate surface area is 135 Å². The molecule has 1 aromatic carbocycles. The number of carbonyl (C=O) groups is 1. The van der Waals surface area contributed by atoms with E-state index in [9.17, 15) is 4.79 Å². The number of piperazine rings is 1. The highest BCUT2D eigenvalue weighted by molar-refractivity contribution is 5.78. The molecule has 120 valence electrons. The van der Waals surface area contributed by atoms with Gasteiger partial charge in [0.15, 0.2) is 12.4 Å². The van der Waals surface area contributed by atoms with Gasteiger partial charge < -0.3 is 14.5 Å². The minimum atomic E-state index is 0.0179. The Bertz CT molecular complexity index is 637. The second-order valence-corrected chi connectivity index (χ2v) is 5.55. The van der Waals surface area contributed by atoms with Crippen LogP contribution in [0.3, 0.4) is 0 Å². The van der Waals surface area contributed by atoms with Gasteiger partial charge in [-0.15, -0.1) is 5.10 Å². The summed E-state index contributed by atoms with van der Waals surface area (Å²) in [5.74, 6) is 1.60. The third kappa shape index (κ3) is 3.97. The van der Waals surface area contributed by atoms with Crippen molar-refractivity contribution in [1.82, 2.24) is 15.1 Å². The second-order valence-electron chi connectivity index (χ2n) is 5.55. The summed E-state index contributed by atoms with van der Waals surface area (Å²) in [5, 5.41) is 7.99. The summed E-state index contributed by atoms with van der Waals surface area (Å²) in [6, 6.07) is 11.5. The fraction of sp³-hybridized carbons (Fsp3) is 0.353. The smallest absolute Gasteiger partial charge is 0.260 e. The molecule has 0 saturated carbocycles. The molecule has 0 aliphatic carbocycles. The largest absolute Gasteiger partial charge is 0.484 e. The molecule has 2 heterocycles. The van der Waals surface area contributed by atoms with E-state index in [-0.39, 0.29) is 12.5 Å². The SMILES string of the molecule is Cc1ccc(OCC(=O)N2CCN(c3cccnn3)CC2)cc1. The number of carbonyl (C=O) groups excluding carboxylic acids is 1. The zero-order chi connectivity index (χ0) is 16.1. The summed E-state index contributed by atoms with van der Waals surface area (Å²) in [6.45, 7) is 4.96. The van der Waals surface area contributed by atoms with Crippen LogP contribution in [0.4, 0.5) is 5.82 Å². The predicted molar refractivity (Wildman–Crippen MR) is 87.5 cm³/mol. The van der Waals surface area contributed by atoms with Crippen molar-refractivity contribution in [2.75, 3.05) is 37.7 Å². The molecule has 0 N–H and O–H groups in total. The molecule has 0 unspecified atom stereocenters. The molecule has 1 amide bonds. The molecule has 6 heteroatoms. The van der Waals surface area contributed by atoms with Gasteiger partial charge in [-0.2, -0.15) is 5.10 Å². The zero-order valence-electron chi connectivity index (χ0n) is 13.2. The predicted octanol–water partition coefficient (Wildman–Crippen LogP) is 1.51. The molecule has 0 spiro atoms.